The first-order chi connectivity index (χ1) is 7.18. The van der Waals surface area contributed by atoms with Crippen molar-refractivity contribution in [1.29, 1.82) is 0 Å². The number of carbonyl (C=O) groups excluding carboxylic acids is 2. The van der Waals surface area contributed by atoms with Crippen molar-refractivity contribution in [3.8, 4) is 0 Å². The van der Waals surface area contributed by atoms with Crippen molar-refractivity contribution in [3.63, 3.8) is 0 Å². The minimum Gasteiger partial charge on any atom is -0.243 e. The number of nitrogens with one attached hydrogen (secondary N) is 1. The van der Waals surface area contributed by atoms with E-state index in [1.807, 2.05) is 0 Å². The van der Waals surface area contributed by atoms with Gasteiger partial charge in [-0.05, 0) is 12.8 Å². The van der Waals surface area contributed by atoms with E-state index >= 15 is 0 Å². The Labute approximate surface area is 88.6 Å². The Morgan fingerprint density at radius 1 is 1.20 bits per heavy atom. The molecular weight excluding hydrogens is 194 g/mol. The van der Waals surface area contributed by atoms with E-state index in [0.717, 1.165) is 12.8 Å². The lowest BCUT2D eigenvalue weighted by Gasteiger charge is -2.10. The summed E-state index contributed by atoms with van der Waals surface area (Å²) >= 11 is 0. The molecule has 0 radical (unpaired) electrons. The lowest BCUT2D eigenvalue weighted by molar-refractivity contribution is -0.775. The zero-order chi connectivity index (χ0) is 10.6. The van der Waals surface area contributed by atoms with Crippen molar-refractivity contribution in [2.45, 2.75) is 44.2 Å². The lowest BCUT2D eigenvalue weighted by atomic mass is 10.2. The van der Waals surface area contributed by atoms with E-state index in [-0.39, 0.29) is 16.7 Å². The van der Waals surface area contributed by atoms with Crippen LogP contribution in [0.1, 0.15) is 32.1 Å². The average Bonchev–Trinajstić information content (AvgIpc) is 2.84. The molecule has 2 unspecified atom stereocenters. The van der Waals surface area contributed by atoms with Gasteiger partial charge in [-0.25, -0.2) is 14.5 Å². The molecule has 2 heterocycles. The van der Waals surface area contributed by atoms with E-state index in [0.29, 0.717) is 12.1 Å². The first-order valence-corrected chi connectivity index (χ1v) is 5.67. The second-order valence-corrected chi connectivity index (χ2v) is 4.81. The van der Waals surface area contributed by atoms with Crippen molar-refractivity contribution in [1.82, 2.24) is 10.3 Å². The van der Waals surface area contributed by atoms with Crippen LogP contribution in [0, 0.1) is 0 Å². The third-order valence-electron chi connectivity index (χ3n) is 4.09. The largest absolute Gasteiger partial charge is 0.452 e. The number of rotatable bonds is 0. The molecule has 3 aliphatic rings. The molecule has 0 aromatic rings. The minimum absolute atomic E-state index is 0.0584. The van der Waals surface area contributed by atoms with Gasteiger partial charge in [-0.15, -0.1) is 4.59 Å². The maximum atomic E-state index is 12.0. The van der Waals surface area contributed by atoms with Gasteiger partial charge in [-0.3, -0.25) is 0 Å². The molecule has 2 atom stereocenters. The molecule has 2 saturated heterocycles. The van der Waals surface area contributed by atoms with Gasteiger partial charge in [0.05, 0.1) is 0 Å². The molecule has 1 spiro atoms. The number of hydrogen-bond donors (Lipinski definition) is 1. The number of amides is 4. The van der Waals surface area contributed by atoms with Crippen LogP contribution in [0.2, 0.25) is 0 Å². The second kappa shape index (κ2) is 2.72. The van der Waals surface area contributed by atoms with E-state index in [4.69, 9.17) is 0 Å². The molecule has 1 aliphatic carbocycles. The van der Waals surface area contributed by atoms with Crippen molar-refractivity contribution in [2.24, 2.45) is 0 Å². The predicted molar refractivity (Wildman–Crippen MR) is 52.6 cm³/mol. The third kappa shape index (κ3) is 0.963. The van der Waals surface area contributed by atoms with Crippen LogP contribution in [0.4, 0.5) is 9.59 Å². The molecule has 5 nitrogen and oxygen atoms in total. The maximum Gasteiger partial charge on any atom is 0.452 e. The van der Waals surface area contributed by atoms with Crippen molar-refractivity contribution in [2.75, 3.05) is 7.05 Å². The molecule has 82 valence electrons. The molecule has 5 heteroatoms. The number of imide groups is 1. The number of urea groups is 2. The fourth-order valence-corrected chi connectivity index (χ4v) is 3.22. The summed E-state index contributed by atoms with van der Waals surface area (Å²) in [6, 6.07) is 0.410. The van der Waals surface area contributed by atoms with Crippen LogP contribution >= 0.6 is 0 Å². The summed E-state index contributed by atoms with van der Waals surface area (Å²) in [6.07, 6.45) is 5.79. The van der Waals surface area contributed by atoms with Gasteiger partial charge in [-0.2, -0.15) is 5.43 Å². The van der Waals surface area contributed by atoms with Gasteiger partial charge in [0, 0.05) is 19.9 Å². The van der Waals surface area contributed by atoms with Crippen LogP contribution in [0.25, 0.3) is 0 Å². The highest BCUT2D eigenvalue weighted by Gasteiger charge is 2.77. The Balaban J connectivity index is 1.89. The molecule has 0 bridgehead atoms. The highest BCUT2D eigenvalue weighted by Crippen LogP contribution is 2.48. The highest BCUT2D eigenvalue weighted by molar-refractivity contribution is 5.95. The molecule has 0 aromatic carbocycles. The molecule has 2 aliphatic heterocycles. The monoisotopic (exact) mass is 210 g/mol. The van der Waals surface area contributed by atoms with Crippen LogP contribution in [0.5, 0.6) is 0 Å². The van der Waals surface area contributed by atoms with Gasteiger partial charge in [0.1, 0.15) is 0 Å². The number of carbonyl (C=O) groups is 2. The smallest absolute Gasteiger partial charge is 0.243 e. The SMILES string of the molecule is CN1C(=O)N[N+]2(C1=O)C1CCCCCC12. The third-order valence-corrected chi connectivity index (χ3v) is 4.09. The molecule has 3 fully saturated rings. The Morgan fingerprint density at radius 2 is 1.80 bits per heavy atom. The van der Waals surface area contributed by atoms with Gasteiger partial charge in [0.15, 0.2) is 12.1 Å². The van der Waals surface area contributed by atoms with E-state index in [2.05, 4.69) is 5.43 Å². The molecule has 4 amide bonds. The first kappa shape index (κ1) is 9.15. The second-order valence-electron chi connectivity index (χ2n) is 4.81. The summed E-state index contributed by atoms with van der Waals surface area (Å²) in [7, 11) is 1.56. The van der Waals surface area contributed by atoms with Crippen molar-refractivity contribution < 1.29 is 14.2 Å². The molecule has 1 N–H and O–H groups in total. The van der Waals surface area contributed by atoms with Gasteiger partial charge in [0.25, 0.3) is 0 Å². The maximum absolute atomic E-state index is 12.0. The van der Waals surface area contributed by atoms with Gasteiger partial charge in [-0.1, -0.05) is 6.42 Å². The summed E-state index contributed by atoms with van der Waals surface area (Å²) < 4.78 is 0.231. The highest BCUT2D eigenvalue weighted by atomic mass is 16.2. The van der Waals surface area contributed by atoms with Crippen molar-refractivity contribution in [3.05, 3.63) is 0 Å². The van der Waals surface area contributed by atoms with Crippen LogP contribution in [-0.2, 0) is 0 Å². The normalized spacial score (nSPS) is 43.9. The Bertz CT molecular complexity index is 330. The number of quaternary nitrogens is 1. The zero-order valence-corrected chi connectivity index (χ0v) is 8.90. The first-order valence-electron chi connectivity index (χ1n) is 5.67. The Kier molecular flexibility index (Phi) is 1.66. The van der Waals surface area contributed by atoms with Crippen LogP contribution in [0.15, 0.2) is 0 Å². The summed E-state index contributed by atoms with van der Waals surface area (Å²) in [5.41, 5.74) is 2.85. The standard InChI is InChI=1S/C10H15N3O2/c1-12-9(14)11-13(10(12)15)7-5-3-2-4-6-8(7)13/h7-8H,2-6H2,1H3/p+1. The summed E-state index contributed by atoms with van der Waals surface area (Å²) in [4.78, 5) is 24.7. The van der Waals surface area contributed by atoms with E-state index in [1.165, 1.54) is 24.2 Å². The van der Waals surface area contributed by atoms with Crippen LogP contribution in [-0.4, -0.2) is 40.7 Å². The van der Waals surface area contributed by atoms with Crippen LogP contribution in [0.3, 0.4) is 0 Å². The topological polar surface area (TPSA) is 49.4 Å². The Hall–Kier alpha value is -1.10. The van der Waals surface area contributed by atoms with E-state index in [9.17, 15) is 9.59 Å². The molecule has 1 saturated carbocycles. The van der Waals surface area contributed by atoms with Crippen LogP contribution < -0.4 is 5.43 Å². The van der Waals surface area contributed by atoms with Gasteiger partial charge >= 0.3 is 12.1 Å². The summed E-state index contributed by atoms with van der Waals surface area (Å²) in [5.74, 6) is 0. The summed E-state index contributed by atoms with van der Waals surface area (Å²) in [5, 5.41) is 0. The molecule has 0 aromatic heterocycles. The predicted octanol–water partition coefficient (Wildman–Crippen LogP) is 1.21. The fourth-order valence-electron chi connectivity index (χ4n) is 3.22. The quantitative estimate of drug-likeness (QED) is 0.482. The van der Waals surface area contributed by atoms with E-state index in [1.54, 1.807) is 7.05 Å². The molecule has 15 heavy (non-hydrogen) atoms. The van der Waals surface area contributed by atoms with Crippen molar-refractivity contribution >= 4 is 12.1 Å². The number of fused-ring (bicyclic) bond motifs is 3. The number of hydrogen-bond acceptors (Lipinski definition) is 2. The number of nitrogens with zero attached hydrogens (tertiary/aromatic N) is 2. The minimum atomic E-state index is -0.243. The molecular formula is C10H16N3O2+. The average molecular weight is 210 g/mol. The fraction of sp³-hybridized carbons (Fsp3) is 0.800. The lowest BCUT2D eigenvalue weighted by Crippen LogP contribution is -2.42. The van der Waals surface area contributed by atoms with E-state index < -0.39 is 0 Å². The molecule has 3 rings (SSSR count). The van der Waals surface area contributed by atoms with Gasteiger partial charge < -0.3 is 0 Å². The zero-order valence-electron chi connectivity index (χ0n) is 8.90. The summed E-state index contributed by atoms with van der Waals surface area (Å²) in [6.45, 7) is 0. The van der Waals surface area contributed by atoms with Gasteiger partial charge in [0.2, 0.25) is 0 Å². The Morgan fingerprint density at radius 3 is 2.27 bits per heavy atom.